The van der Waals surface area contributed by atoms with Gasteiger partial charge in [-0.2, -0.15) is 0 Å². The Kier molecular flexibility index (Phi) is 9.72. The maximum atomic E-state index is 9.74. The highest BCUT2D eigenvalue weighted by molar-refractivity contribution is 8.67. The van der Waals surface area contributed by atoms with Crippen molar-refractivity contribution in [3.05, 3.63) is 47.5 Å². The smallest absolute Gasteiger partial charge is 0.248 e. The number of aliphatic hydroxyl groups is 1. The molecule has 1 aromatic rings. The molecule has 6 heteroatoms. The summed E-state index contributed by atoms with van der Waals surface area (Å²) in [6.07, 6.45) is 7.83. The van der Waals surface area contributed by atoms with Crippen molar-refractivity contribution in [2.75, 3.05) is 12.4 Å². The van der Waals surface area contributed by atoms with E-state index in [1.807, 2.05) is 27.7 Å². The van der Waals surface area contributed by atoms with Crippen LogP contribution in [-0.4, -0.2) is 29.7 Å². The summed E-state index contributed by atoms with van der Waals surface area (Å²) in [6.45, 7) is 8.18. The maximum absolute atomic E-state index is 9.74. The summed E-state index contributed by atoms with van der Waals surface area (Å²) in [4.78, 5) is 0. The van der Waals surface area contributed by atoms with Crippen LogP contribution >= 0.6 is 17.1 Å². The van der Waals surface area contributed by atoms with E-state index >= 15 is 0 Å². The Morgan fingerprint density at radius 1 is 1.14 bits per heavy atom. The molecule has 28 heavy (non-hydrogen) atoms. The van der Waals surface area contributed by atoms with Gasteiger partial charge in [-0.25, -0.2) is 0 Å². The normalized spacial score (nSPS) is 17.6. The zero-order valence-corrected chi connectivity index (χ0v) is 20.1. The Morgan fingerprint density at radius 2 is 1.71 bits per heavy atom. The van der Waals surface area contributed by atoms with E-state index < -0.39 is 5.69 Å². The second-order valence-electron chi connectivity index (χ2n) is 7.91. The van der Waals surface area contributed by atoms with Crippen LogP contribution in [0.5, 0.6) is 0 Å². The number of hydrogen-bond acceptors (Lipinski definition) is 5. The lowest BCUT2D eigenvalue weighted by Gasteiger charge is -2.33. The third-order valence-corrected chi connectivity index (χ3v) is 10.4. The first-order valence-electron chi connectivity index (χ1n) is 10.3. The molecule has 0 bridgehead atoms. The van der Waals surface area contributed by atoms with Crippen molar-refractivity contribution < 1.29 is 14.2 Å². The molecule has 1 aromatic carbocycles. The molecule has 1 aliphatic rings. The Balaban J connectivity index is 2.24. The van der Waals surface area contributed by atoms with Crippen LogP contribution in [0.3, 0.4) is 0 Å². The topological polar surface area (TPSA) is 38.7 Å². The number of rotatable bonds is 11. The lowest BCUT2D eigenvalue weighted by Crippen LogP contribution is -2.26. The molecule has 158 valence electrons. The van der Waals surface area contributed by atoms with Gasteiger partial charge >= 0.3 is 0 Å². The van der Waals surface area contributed by atoms with E-state index in [1.165, 1.54) is 24.0 Å². The van der Waals surface area contributed by atoms with Gasteiger partial charge in [0.15, 0.2) is 0 Å². The summed E-state index contributed by atoms with van der Waals surface area (Å²) in [5.41, 5.74) is 0.361. The van der Waals surface area contributed by atoms with Gasteiger partial charge < -0.3 is 14.2 Å². The highest BCUT2D eigenvalue weighted by Crippen LogP contribution is 2.62. The van der Waals surface area contributed by atoms with Gasteiger partial charge in [0.05, 0.1) is 12.2 Å². The van der Waals surface area contributed by atoms with E-state index in [0.717, 1.165) is 18.6 Å². The van der Waals surface area contributed by atoms with Crippen molar-refractivity contribution in [3.63, 3.8) is 0 Å². The fraction of sp³-hybridized carbons (Fsp3) is 0.636. The first-order valence-corrected chi connectivity index (χ1v) is 14.5. The third-order valence-electron chi connectivity index (χ3n) is 5.02. The minimum absolute atomic E-state index is 0.0449. The Labute approximate surface area is 180 Å². The number of benzene rings is 1. The SMILES string of the molecule is CC(C)OP(=S)(OC(C)C)SC/C=C(\CCO)C1(c2ccccc2)CCCC1. The first-order chi connectivity index (χ1) is 13.3. The van der Waals surface area contributed by atoms with Crippen LogP contribution < -0.4 is 0 Å². The highest BCUT2D eigenvalue weighted by Gasteiger charge is 2.38. The molecule has 1 fully saturated rings. The van der Waals surface area contributed by atoms with Gasteiger partial charge in [0.1, 0.15) is 0 Å². The fourth-order valence-electron chi connectivity index (χ4n) is 4.02. The average Bonchev–Trinajstić information content (AvgIpc) is 3.11. The number of aliphatic hydroxyl groups excluding tert-OH is 1. The molecule has 3 nitrogen and oxygen atoms in total. The second-order valence-corrected chi connectivity index (χ2v) is 14.2. The van der Waals surface area contributed by atoms with Crippen LogP contribution in [-0.2, 0) is 26.3 Å². The zero-order chi connectivity index (χ0) is 20.6. The van der Waals surface area contributed by atoms with Crippen molar-refractivity contribution in [1.29, 1.82) is 0 Å². The Bertz CT molecular complexity index is 654. The van der Waals surface area contributed by atoms with Gasteiger partial charge in [0, 0.05) is 17.8 Å². The highest BCUT2D eigenvalue weighted by atomic mass is 32.9. The zero-order valence-electron chi connectivity index (χ0n) is 17.6. The van der Waals surface area contributed by atoms with Gasteiger partial charge in [0.25, 0.3) is 0 Å². The van der Waals surface area contributed by atoms with Crippen molar-refractivity contribution in [2.45, 2.75) is 77.4 Å². The van der Waals surface area contributed by atoms with Crippen LogP contribution in [0, 0.1) is 0 Å². The molecule has 0 aliphatic heterocycles. The van der Waals surface area contributed by atoms with E-state index in [2.05, 4.69) is 36.4 Å². The average molecular weight is 443 g/mol. The summed E-state index contributed by atoms with van der Waals surface area (Å²) >= 11 is 7.39. The van der Waals surface area contributed by atoms with Crippen LogP contribution in [0.15, 0.2) is 42.0 Å². The van der Waals surface area contributed by atoms with Crippen molar-refractivity contribution in [1.82, 2.24) is 0 Å². The molecule has 0 aromatic heterocycles. The van der Waals surface area contributed by atoms with E-state index in [4.69, 9.17) is 20.9 Å². The minimum Gasteiger partial charge on any atom is -0.396 e. The summed E-state index contributed by atoms with van der Waals surface area (Å²) < 4.78 is 12.0. The molecule has 0 heterocycles. The Hall–Kier alpha value is -0.160. The standard InChI is InChI=1S/C22H35O3PS2/c1-18(2)24-26(27,25-19(3)4)28-17-13-21(12-16-23)22(14-8-9-15-22)20-10-6-5-7-11-20/h5-7,10-11,13,18-19,23H,8-9,12,14-17H2,1-4H3/b21-13+. The molecule has 0 spiro atoms. The van der Waals surface area contributed by atoms with Gasteiger partial charge in [-0.3, -0.25) is 0 Å². The van der Waals surface area contributed by atoms with Crippen LogP contribution in [0.4, 0.5) is 0 Å². The first kappa shape index (κ1) is 24.1. The van der Waals surface area contributed by atoms with E-state index in [0.29, 0.717) is 6.42 Å². The molecular weight excluding hydrogens is 407 g/mol. The van der Waals surface area contributed by atoms with Crippen LogP contribution in [0.2, 0.25) is 0 Å². The lowest BCUT2D eigenvalue weighted by atomic mass is 9.71. The van der Waals surface area contributed by atoms with Gasteiger partial charge in [-0.1, -0.05) is 66.2 Å². The molecule has 0 unspecified atom stereocenters. The van der Waals surface area contributed by atoms with E-state index in [-0.39, 0.29) is 24.2 Å². The molecule has 2 rings (SSSR count). The molecule has 0 radical (unpaired) electrons. The summed E-state index contributed by atoms with van der Waals surface area (Å²) in [7, 11) is 0. The van der Waals surface area contributed by atoms with Gasteiger partial charge in [0.2, 0.25) is 5.69 Å². The molecule has 0 atom stereocenters. The van der Waals surface area contributed by atoms with Crippen molar-refractivity contribution in [2.24, 2.45) is 0 Å². The molecule has 0 saturated heterocycles. The predicted octanol–water partition coefficient (Wildman–Crippen LogP) is 6.61. The summed E-state index contributed by atoms with van der Waals surface area (Å²) in [5.74, 6) is 0.751. The molecule has 1 saturated carbocycles. The summed E-state index contributed by atoms with van der Waals surface area (Å²) in [5, 5.41) is 9.74. The van der Waals surface area contributed by atoms with Crippen molar-refractivity contribution in [3.8, 4) is 0 Å². The third kappa shape index (κ3) is 6.68. The second kappa shape index (κ2) is 11.3. The van der Waals surface area contributed by atoms with Crippen LogP contribution in [0.1, 0.15) is 65.4 Å². The fourth-order valence-corrected chi connectivity index (χ4v) is 9.43. The monoisotopic (exact) mass is 442 g/mol. The quantitative estimate of drug-likeness (QED) is 0.308. The van der Waals surface area contributed by atoms with E-state index in [1.54, 1.807) is 11.4 Å². The Morgan fingerprint density at radius 3 is 2.21 bits per heavy atom. The van der Waals surface area contributed by atoms with E-state index in [9.17, 15) is 5.11 Å². The maximum Gasteiger partial charge on any atom is 0.248 e. The largest absolute Gasteiger partial charge is 0.396 e. The van der Waals surface area contributed by atoms with Gasteiger partial charge in [-0.15, -0.1) is 0 Å². The predicted molar refractivity (Wildman–Crippen MR) is 126 cm³/mol. The molecule has 1 N–H and O–H groups in total. The molecule has 1 aliphatic carbocycles. The number of hydrogen-bond donors (Lipinski definition) is 1. The van der Waals surface area contributed by atoms with Crippen LogP contribution in [0.25, 0.3) is 0 Å². The molecule has 0 amide bonds. The summed E-state index contributed by atoms with van der Waals surface area (Å²) in [6, 6.07) is 10.8. The minimum atomic E-state index is -2.39. The van der Waals surface area contributed by atoms with Gasteiger partial charge in [-0.05, 0) is 64.3 Å². The van der Waals surface area contributed by atoms with Crippen molar-refractivity contribution >= 4 is 28.9 Å². The molecular formula is C22H35O3PS2. The lowest BCUT2D eigenvalue weighted by molar-refractivity contribution is 0.186.